The quantitative estimate of drug-likeness (QED) is 0.635. The van der Waals surface area contributed by atoms with Crippen LogP contribution in [0.4, 0.5) is 10.1 Å². The summed E-state index contributed by atoms with van der Waals surface area (Å²) in [7, 11) is 0. The molecule has 0 radical (unpaired) electrons. The zero-order valence-corrected chi connectivity index (χ0v) is 12.0. The summed E-state index contributed by atoms with van der Waals surface area (Å²) in [5.41, 5.74) is 0.682. The highest BCUT2D eigenvalue weighted by atomic mass is 19.1. The minimum Gasteiger partial charge on any atom is -0.465 e. The van der Waals surface area contributed by atoms with Crippen molar-refractivity contribution in [3.05, 3.63) is 30.1 Å². The minimum absolute atomic E-state index is 0.0414. The maximum Gasteiger partial charge on any atom is 0.318 e. The van der Waals surface area contributed by atoms with Gasteiger partial charge in [-0.25, -0.2) is 4.39 Å². The van der Waals surface area contributed by atoms with E-state index < -0.39 is 11.9 Å². The van der Waals surface area contributed by atoms with Gasteiger partial charge >= 0.3 is 5.97 Å². The standard InChI is InChI=1S/C16H18FNO3/c1-2-21-15(20)13-9-16(7-8-16)10-18(14(13)19)12-5-3-11(17)4-6-12/h3-6,13H,2,7-10H2,1H3. The van der Waals surface area contributed by atoms with E-state index in [1.165, 1.54) is 12.1 Å². The van der Waals surface area contributed by atoms with Gasteiger partial charge in [-0.05, 0) is 55.9 Å². The van der Waals surface area contributed by atoms with Crippen molar-refractivity contribution in [2.75, 3.05) is 18.1 Å². The van der Waals surface area contributed by atoms with Crippen LogP contribution in [-0.2, 0) is 14.3 Å². The molecule has 1 amide bonds. The van der Waals surface area contributed by atoms with Gasteiger partial charge in [0.25, 0.3) is 0 Å². The van der Waals surface area contributed by atoms with Crippen LogP contribution in [0.5, 0.6) is 0 Å². The SMILES string of the molecule is CCOC(=O)C1CC2(CC2)CN(c2ccc(F)cc2)C1=O. The predicted octanol–water partition coefficient (Wildman–Crippen LogP) is 2.52. The predicted molar refractivity (Wildman–Crippen MR) is 75.2 cm³/mol. The van der Waals surface area contributed by atoms with Crippen molar-refractivity contribution >= 4 is 17.6 Å². The van der Waals surface area contributed by atoms with E-state index in [0.717, 1.165) is 12.8 Å². The van der Waals surface area contributed by atoms with Gasteiger partial charge in [0.05, 0.1) is 6.61 Å². The molecule has 2 aliphatic rings. The van der Waals surface area contributed by atoms with Gasteiger partial charge in [-0.3, -0.25) is 9.59 Å². The molecule has 1 aliphatic carbocycles. The summed E-state index contributed by atoms with van der Waals surface area (Å²) in [5, 5.41) is 0. The fourth-order valence-corrected chi connectivity index (χ4v) is 2.99. The molecule has 1 aromatic carbocycles. The first-order valence-corrected chi connectivity index (χ1v) is 7.28. The third-order valence-corrected chi connectivity index (χ3v) is 4.36. The van der Waals surface area contributed by atoms with Crippen molar-refractivity contribution in [2.24, 2.45) is 11.3 Å². The molecule has 1 atom stereocenters. The number of anilines is 1. The Bertz CT molecular complexity index is 565. The maximum absolute atomic E-state index is 13.0. The zero-order chi connectivity index (χ0) is 15.0. The summed E-state index contributed by atoms with van der Waals surface area (Å²) >= 11 is 0. The lowest BCUT2D eigenvalue weighted by molar-refractivity contribution is -0.153. The van der Waals surface area contributed by atoms with Crippen molar-refractivity contribution in [3.8, 4) is 0 Å². The van der Waals surface area contributed by atoms with Crippen molar-refractivity contribution in [1.29, 1.82) is 0 Å². The molecule has 0 bridgehead atoms. The lowest BCUT2D eigenvalue weighted by Crippen LogP contribution is -2.49. The number of halogens is 1. The van der Waals surface area contributed by atoms with Crippen LogP contribution in [0.3, 0.4) is 0 Å². The Labute approximate surface area is 122 Å². The third-order valence-electron chi connectivity index (χ3n) is 4.36. The first-order valence-electron chi connectivity index (χ1n) is 7.28. The fraction of sp³-hybridized carbons (Fsp3) is 0.500. The monoisotopic (exact) mass is 291 g/mol. The molecule has 4 nitrogen and oxygen atoms in total. The molecule has 0 aromatic heterocycles. The summed E-state index contributed by atoms with van der Waals surface area (Å²) < 4.78 is 18.1. The Balaban J connectivity index is 1.87. The number of esters is 1. The van der Waals surface area contributed by atoms with Gasteiger partial charge in [-0.2, -0.15) is 0 Å². The van der Waals surface area contributed by atoms with Crippen LogP contribution in [-0.4, -0.2) is 25.0 Å². The van der Waals surface area contributed by atoms with Crippen LogP contribution in [0.25, 0.3) is 0 Å². The largest absolute Gasteiger partial charge is 0.465 e. The molecule has 3 rings (SSSR count). The Hall–Kier alpha value is -1.91. The lowest BCUT2D eigenvalue weighted by Gasteiger charge is -2.36. The summed E-state index contributed by atoms with van der Waals surface area (Å²) in [4.78, 5) is 26.2. The van der Waals surface area contributed by atoms with E-state index in [9.17, 15) is 14.0 Å². The first-order chi connectivity index (χ1) is 10.0. The highest BCUT2D eigenvalue weighted by molar-refractivity contribution is 6.07. The smallest absolute Gasteiger partial charge is 0.318 e. The molecule has 112 valence electrons. The zero-order valence-electron chi connectivity index (χ0n) is 12.0. The average Bonchev–Trinajstić information content (AvgIpc) is 3.22. The van der Waals surface area contributed by atoms with Crippen LogP contribution in [0.1, 0.15) is 26.2 Å². The molecule has 2 fully saturated rings. The van der Waals surface area contributed by atoms with Gasteiger partial charge in [-0.15, -0.1) is 0 Å². The van der Waals surface area contributed by atoms with E-state index in [1.54, 1.807) is 24.0 Å². The number of benzene rings is 1. The third kappa shape index (κ3) is 2.64. The number of carbonyl (C=O) groups excluding carboxylic acids is 2. The summed E-state index contributed by atoms with van der Waals surface area (Å²) in [6.07, 6.45) is 2.62. The van der Waals surface area contributed by atoms with E-state index in [-0.39, 0.29) is 23.7 Å². The number of rotatable bonds is 3. The van der Waals surface area contributed by atoms with Crippen LogP contribution < -0.4 is 4.90 Å². The minimum atomic E-state index is -0.730. The molecule has 5 heteroatoms. The number of hydrogen-bond acceptors (Lipinski definition) is 3. The Kier molecular flexibility index (Phi) is 3.43. The molecule has 1 saturated heterocycles. The van der Waals surface area contributed by atoms with Crippen molar-refractivity contribution < 1.29 is 18.7 Å². The van der Waals surface area contributed by atoms with E-state index >= 15 is 0 Å². The molecule has 1 unspecified atom stereocenters. The van der Waals surface area contributed by atoms with Crippen molar-refractivity contribution in [3.63, 3.8) is 0 Å². The average molecular weight is 291 g/mol. The van der Waals surface area contributed by atoms with Gasteiger partial charge in [0.15, 0.2) is 0 Å². The van der Waals surface area contributed by atoms with E-state index in [1.807, 2.05) is 0 Å². The molecule has 21 heavy (non-hydrogen) atoms. The topological polar surface area (TPSA) is 46.6 Å². The Morgan fingerprint density at radius 3 is 2.62 bits per heavy atom. The molecule has 1 heterocycles. The molecular weight excluding hydrogens is 273 g/mol. The van der Waals surface area contributed by atoms with Gasteiger partial charge < -0.3 is 9.64 Å². The van der Waals surface area contributed by atoms with Gasteiger partial charge in [-0.1, -0.05) is 0 Å². The number of piperidine rings is 1. The summed E-state index contributed by atoms with van der Waals surface area (Å²) in [5.74, 6) is -1.75. The highest BCUT2D eigenvalue weighted by Gasteiger charge is 2.54. The van der Waals surface area contributed by atoms with Crippen LogP contribution in [0, 0.1) is 17.2 Å². The van der Waals surface area contributed by atoms with E-state index in [2.05, 4.69) is 0 Å². The maximum atomic E-state index is 13.0. The van der Waals surface area contributed by atoms with Crippen molar-refractivity contribution in [1.82, 2.24) is 0 Å². The molecule has 1 spiro atoms. The van der Waals surface area contributed by atoms with Gasteiger partial charge in [0.1, 0.15) is 11.7 Å². The Morgan fingerprint density at radius 2 is 2.05 bits per heavy atom. The number of hydrogen-bond donors (Lipinski definition) is 0. The van der Waals surface area contributed by atoms with E-state index in [0.29, 0.717) is 18.7 Å². The van der Waals surface area contributed by atoms with Gasteiger partial charge in [0.2, 0.25) is 5.91 Å². The Morgan fingerprint density at radius 1 is 1.38 bits per heavy atom. The second-order valence-electron chi connectivity index (χ2n) is 5.91. The van der Waals surface area contributed by atoms with E-state index in [4.69, 9.17) is 4.74 Å². The van der Waals surface area contributed by atoms with Crippen LogP contribution in [0.15, 0.2) is 24.3 Å². The van der Waals surface area contributed by atoms with Crippen LogP contribution in [0.2, 0.25) is 0 Å². The first kappa shape index (κ1) is 14.0. The molecule has 1 aromatic rings. The normalized spacial score (nSPS) is 23.2. The molecule has 1 aliphatic heterocycles. The van der Waals surface area contributed by atoms with Crippen LogP contribution >= 0.6 is 0 Å². The van der Waals surface area contributed by atoms with Gasteiger partial charge in [0, 0.05) is 12.2 Å². The lowest BCUT2D eigenvalue weighted by atomic mass is 9.85. The molecular formula is C16H18FNO3. The number of amides is 1. The molecule has 1 saturated carbocycles. The second-order valence-corrected chi connectivity index (χ2v) is 5.91. The number of nitrogens with zero attached hydrogens (tertiary/aromatic N) is 1. The van der Waals surface area contributed by atoms with Crippen molar-refractivity contribution in [2.45, 2.75) is 26.2 Å². The number of ether oxygens (including phenoxy) is 1. The highest BCUT2D eigenvalue weighted by Crippen LogP contribution is 2.54. The summed E-state index contributed by atoms with van der Waals surface area (Å²) in [6.45, 7) is 2.61. The summed E-state index contributed by atoms with van der Waals surface area (Å²) in [6, 6.07) is 5.82. The second kappa shape index (κ2) is 5.13. The number of carbonyl (C=O) groups is 2. The fourth-order valence-electron chi connectivity index (χ4n) is 2.99. The molecule has 0 N–H and O–H groups in total.